The number of nitrogens with one attached hydrogen (secondary N) is 3. The van der Waals surface area contributed by atoms with Gasteiger partial charge in [0, 0.05) is 18.2 Å². The van der Waals surface area contributed by atoms with Crippen molar-refractivity contribution in [2.24, 2.45) is 0 Å². The summed E-state index contributed by atoms with van der Waals surface area (Å²) in [6, 6.07) is 7.88. The summed E-state index contributed by atoms with van der Waals surface area (Å²) in [5.41, 5.74) is 8.40. The van der Waals surface area contributed by atoms with Gasteiger partial charge in [0.15, 0.2) is 0 Å². The fraction of sp³-hybridized carbons (Fsp3) is 0.312. The predicted octanol–water partition coefficient (Wildman–Crippen LogP) is 1.09. The number of hydrogen-bond acceptors (Lipinski definition) is 6. The molecule has 2 unspecified atom stereocenters. The molecule has 1 aromatic heterocycles. The Hall–Kier alpha value is -2.51. The Bertz CT molecular complexity index is 689. The van der Waals surface area contributed by atoms with Gasteiger partial charge >= 0.3 is 0 Å². The quantitative estimate of drug-likeness (QED) is 0.783. The molecule has 2 heterocycles. The molecule has 0 aliphatic carbocycles. The van der Waals surface area contributed by atoms with E-state index in [4.69, 9.17) is 4.74 Å². The predicted molar refractivity (Wildman–Crippen MR) is 84.6 cm³/mol. The van der Waals surface area contributed by atoms with E-state index in [0.29, 0.717) is 12.1 Å². The first-order valence-electron chi connectivity index (χ1n) is 7.41. The van der Waals surface area contributed by atoms with Gasteiger partial charge in [-0.1, -0.05) is 18.2 Å². The molecule has 0 radical (unpaired) electrons. The first-order valence-corrected chi connectivity index (χ1v) is 7.41. The van der Waals surface area contributed by atoms with Gasteiger partial charge in [0.05, 0.1) is 31.2 Å². The summed E-state index contributed by atoms with van der Waals surface area (Å²) in [4.78, 5) is 20.3. The van der Waals surface area contributed by atoms with Crippen molar-refractivity contribution in [2.75, 3.05) is 7.11 Å². The van der Waals surface area contributed by atoms with Gasteiger partial charge in [0.1, 0.15) is 11.4 Å². The highest BCUT2D eigenvalue weighted by atomic mass is 16.5. The number of methoxy groups -OCH3 is 1. The number of amides is 1. The molecule has 1 fully saturated rings. The number of aromatic nitrogens is 2. The van der Waals surface area contributed by atoms with Gasteiger partial charge in [-0.3, -0.25) is 9.78 Å². The van der Waals surface area contributed by atoms with Crippen LogP contribution in [-0.2, 0) is 0 Å². The van der Waals surface area contributed by atoms with E-state index < -0.39 is 0 Å². The van der Waals surface area contributed by atoms with Crippen molar-refractivity contribution in [3.05, 3.63) is 53.6 Å². The zero-order valence-electron chi connectivity index (χ0n) is 13.0. The van der Waals surface area contributed by atoms with Crippen molar-refractivity contribution in [1.82, 2.24) is 26.1 Å². The van der Waals surface area contributed by atoms with Crippen LogP contribution >= 0.6 is 0 Å². The van der Waals surface area contributed by atoms with Crippen LogP contribution < -0.4 is 20.9 Å². The summed E-state index contributed by atoms with van der Waals surface area (Å²) < 4.78 is 5.38. The lowest BCUT2D eigenvalue weighted by atomic mass is 10.0. The highest BCUT2D eigenvalue weighted by Crippen LogP contribution is 2.29. The number of carbonyl (C=O) groups excluding carboxylic acids is 1. The molecule has 23 heavy (non-hydrogen) atoms. The molecule has 7 heteroatoms. The Morgan fingerprint density at radius 2 is 2.09 bits per heavy atom. The average molecular weight is 313 g/mol. The summed E-state index contributed by atoms with van der Waals surface area (Å²) in [5.74, 6) is 0.570. The third-order valence-electron chi connectivity index (χ3n) is 3.74. The topological polar surface area (TPSA) is 88.2 Å². The molecule has 0 spiro atoms. The second-order valence-electron chi connectivity index (χ2n) is 5.39. The number of ether oxygens (including phenoxy) is 1. The summed E-state index contributed by atoms with van der Waals surface area (Å²) in [6.45, 7) is 1.83. The number of hydrogen-bond donors (Lipinski definition) is 3. The van der Waals surface area contributed by atoms with Crippen LogP contribution in [0.4, 0.5) is 0 Å². The van der Waals surface area contributed by atoms with Crippen LogP contribution in [-0.4, -0.2) is 29.2 Å². The zero-order chi connectivity index (χ0) is 16.2. The lowest BCUT2D eigenvalue weighted by Crippen LogP contribution is -2.44. The minimum Gasteiger partial charge on any atom is -0.496 e. The Morgan fingerprint density at radius 1 is 1.26 bits per heavy atom. The van der Waals surface area contributed by atoms with Crippen LogP contribution in [0.2, 0.25) is 0 Å². The third-order valence-corrected chi connectivity index (χ3v) is 3.74. The molecule has 0 bridgehead atoms. The Kier molecular flexibility index (Phi) is 4.50. The minimum atomic E-state index is -0.252. The van der Waals surface area contributed by atoms with E-state index in [9.17, 15) is 4.79 Å². The number of carbonyl (C=O) groups is 1. The van der Waals surface area contributed by atoms with Gasteiger partial charge in [-0.2, -0.15) is 0 Å². The maximum Gasteiger partial charge on any atom is 0.272 e. The molecular weight excluding hydrogens is 294 g/mol. The Balaban J connectivity index is 1.63. The molecule has 2 atom stereocenters. The van der Waals surface area contributed by atoms with Crippen LogP contribution in [0.3, 0.4) is 0 Å². The van der Waals surface area contributed by atoms with Gasteiger partial charge < -0.3 is 10.1 Å². The van der Waals surface area contributed by atoms with Crippen LogP contribution in [0.1, 0.15) is 34.2 Å². The number of hydrazine groups is 1. The first-order chi connectivity index (χ1) is 11.2. The van der Waals surface area contributed by atoms with Gasteiger partial charge in [0.2, 0.25) is 0 Å². The van der Waals surface area contributed by atoms with E-state index in [0.717, 1.165) is 17.0 Å². The maximum atomic E-state index is 12.2. The number of rotatable bonds is 4. The highest BCUT2D eigenvalue weighted by Gasteiger charge is 2.28. The maximum absolute atomic E-state index is 12.2. The molecule has 3 rings (SSSR count). The molecule has 2 aromatic rings. The first kappa shape index (κ1) is 15.4. The molecule has 1 aliphatic rings. The molecule has 3 N–H and O–H groups in total. The largest absolute Gasteiger partial charge is 0.496 e. The normalized spacial score (nSPS) is 20.3. The molecule has 0 saturated carbocycles. The summed E-state index contributed by atoms with van der Waals surface area (Å²) in [5, 5.41) is 2.90. The number of para-hydroxylation sites is 1. The van der Waals surface area contributed by atoms with Gasteiger partial charge in [-0.05, 0) is 13.0 Å². The molecular formula is C16H19N5O2. The van der Waals surface area contributed by atoms with Crippen LogP contribution in [0.15, 0.2) is 36.7 Å². The van der Waals surface area contributed by atoms with Crippen molar-refractivity contribution >= 4 is 5.91 Å². The molecule has 1 saturated heterocycles. The fourth-order valence-corrected chi connectivity index (χ4v) is 2.55. The molecule has 1 amide bonds. The van der Waals surface area contributed by atoms with Gasteiger partial charge in [-0.15, -0.1) is 0 Å². The van der Waals surface area contributed by atoms with Crippen molar-refractivity contribution in [3.8, 4) is 5.75 Å². The lowest BCUT2D eigenvalue weighted by Gasteiger charge is -2.14. The fourth-order valence-electron chi connectivity index (χ4n) is 2.55. The van der Waals surface area contributed by atoms with Crippen molar-refractivity contribution in [1.29, 1.82) is 0 Å². The van der Waals surface area contributed by atoms with Crippen molar-refractivity contribution < 1.29 is 9.53 Å². The lowest BCUT2D eigenvalue weighted by molar-refractivity contribution is 0.0927. The van der Waals surface area contributed by atoms with Gasteiger partial charge in [0.25, 0.3) is 5.91 Å². The second-order valence-corrected chi connectivity index (χ2v) is 5.39. The Morgan fingerprint density at radius 3 is 2.83 bits per heavy atom. The van der Waals surface area contributed by atoms with Crippen LogP contribution in [0, 0.1) is 6.92 Å². The zero-order valence-corrected chi connectivity index (χ0v) is 13.0. The van der Waals surface area contributed by atoms with E-state index in [2.05, 4.69) is 26.1 Å². The van der Waals surface area contributed by atoms with Crippen LogP contribution in [0.25, 0.3) is 0 Å². The third kappa shape index (κ3) is 3.46. The molecule has 1 aliphatic heterocycles. The van der Waals surface area contributed by atoms with E-state index in [-0.39, 0.29) is 18.1 Å². The van der Waals surface area contributed by atoms with Crippen molar-refractivity contribution in [2.45, 2.75) is 25.6 Å². The highest BCUT2D eigenvalue weighted by molar-refractivity contribution is 5.92. The SMILES string of the molecule is COc1ccccc1C1CC(NC(=O)c2cnc(C)cn2)NN1. The molecule has 7 nitrogen and oxygen atoms in total. The van der Waals surface area contributed by atoms with Crippen LogP contribution in [0.5, 0.6) is 5.75 Å². The summed E-state index contributed by atoms with van der Waals surface area (Å²) in [7, 11) is 1.65. The summed E-state index contributed by atoms with van der Waals surface area (Å²) >= 11 is 0. The molecule has 120 valence electrons. The smallest absolute Gasteiger partial charge is 0.272 e. The standard InChI is InChI=1S/C16H19N5O2/c1-10-8-18-13(9-17-10)16(22)19-15-7-12(20-21-15)11-5-3-4-6-14(11)23-2/h3-6,8-9,12,15,20-21H,7H2,1-2H3,(H,19,22). The van der Waals surface area contributed by atoms with E-state index in [1.54, 1.807) is 13.3 Å². The number of benzene rings is 1. The minimum absolute atomic E-state index is 0.0561. The average Bonchev–Trinajstić information content (AvgIpc) is 3.03. The van der Waals surface area contributed by atoms with Crippen molar-refractivity contribution in [3.63, 3.8) is 0 Å². The van der Waals surface area contributed by atoms with E-state index >= 15 is 0 Å². The van der Waals surface area contributed by atoms with E-state index in [1.807, 2.05) is 31.2 Å². The second kappa shape index (κ2) is 6.72. The monoisotopic (exact) mass is 313 g/mol. The Labute approximate surface area is 134 Å². The van der Waals surface area contributed by atoms with E-state index in [1.165, 1.54) is 6.20 Å². The van der Waals surface area contributed by atoms with Gasteiger partial charge in [-0.25, -0.2) is 15.8 Å². The molecule has 1 aromatic carbocycles. The number of nitrogens with zero attached hydrogens (tertiary/aromatic N) is 2. The summed E-state index contributed by atoms with van der Waals surface area (Å²) in [6.07, 6.45) is 3.56. The number of aryl methyl sites for hydroxylation is 1.